The lowest BCUT2D eigenvalue weighted by Crippen LogP contribution is -2.28. The Balaban J connectivity index is 2.13. The SMILES string of the molecule is CCC(NC(=O)c1sc(NC)nc1N)c1nccs1. The number of anilines is 2. The van der Waals surface area contributed by atoms with Gasteiger partial charge in [0, 0.05) is 18.6 Å². The van der Waals surface area contributed by atoms with Gasteiger partial charge in [-0.1, -0.05) is 18.3 Å². The highest BCUT2D eigenvalue weighted by molar-refractivity contribution is 7.18. The first-order valence-corrected chi connectivity index (χ1v) is 7.49. The average molecular weight is 297 g/mol. The number of nitrogens with two attached hydrogens (primary N) is 1. The molecule has 2 heterocycles. The van der Waals surface area contributed by atoms with Crippen LogP contribution in [0.15, 0.2) is 11.6 Å². The smallest absolute Gasteiger partial charge is 0.265 e. The second-order valence-corrected chi connectivity index (χ2v) is 5.71. The fraction of sp³-hybridized carbons (Fsp3) is 0.364. The van der Waals surface area contributed by atoms with E-state index < -0.39 is 0 Å². The number of aromatic nitrogens is 2. The molecule has 0 spiro atoms. The van der Waals surface area contributed by atoms with Crippen LogP contribution >= 0.6 is 22.7 Å². The Hall–Kier alpha value is -1.67. The van der Waals surface area contributed by atoms with Crippen LogP contribution in [-0.2, 0) is 0 Å². The molecular weight excluding hydrogens is 282 g/mol. The highest BCUT2D eigenvalue weighted by atomic mass is 32.1. The van der Waals surface area contributed by atoms with Crippen molar-refractivity contribution < 1.29 is 4.79 Å². The maximum absolute atomic E-state index is 12.2. The monoisotopic (exact) mass is 297 g/mol. The van der Waals surface area contributed by atoms with Crippen LogP contribution in [0.4, 0.5) is 10.9 Å². The van der Waals surface area contributed by atoms with Crippen LogP contribution in [-0.4, -0.2) is 22.9 Å². The Morgan fingerprint density at radius 3 is 2.89 bits per heavy atom. The van der Waals surface area contributed by atoms with E-state index in [1.807, 2.05) is 12.3 Å². The Morgan fingerprint density at radius 1 is 1.58 bits per heavy atom. The zero-order chi connectivity index (χ0) is 13.8. The predicted octanol–water partition coefficient (Wildman–Crippen LogP) is 2.10. The largest absolute Gasteiger partial charge is 0.382 e. The van der Waals surface area contributed by atoms with Gasteiger partial charge in [-0.15, -0.1) is 11.3 Å². The van der Waals surface area contributed by atoms with Gasteiger partial charge >= 0.3 is 0 Å². The van der Waals surface area contributed by atoms with Crippen molar-refractivity contribution in [3.05, 3.63) is 21.5 Å². The number of amides is 1. The van der Waals surface area contributed by atoms with Crippen LogP contribution in [0.2, 0.25) is 0 Å². The van der Waals surface area contributed by atoms with Gasteiger partial charge in [0.15, 0.2) is 5.13 Å². The number of nitrogens with zero attached hydrogens (tertiary/aromatic N) is 2. The average Bonchev–Trinajstić information content (AvgIpc) is 3.04. The molecule has 2 rings (SSSR count). The fourth-order valence-corrected chi connectivity index (χ4v) is 3.08. The number of carbonyl (C=O) groups is 1. The third-order valence-corrected chi connectivity index (χ3v) is 4.51. The number of carbonyl (C=O) groups excluding carboxylic acids is 1. The van der Waals surface area contributed by atoms with Crippen molar-refractivity contribution in [2.24, 2.45) is 0 Å². The molecule has 0 fully saturated rings. The van der Waals surface area contributed by atoms with Gasteiger partial charge in [0.2, 0.25) is 0 Å². The molecule has 2 aromatic heterocycles. The molecule has 0 saturated heterocycles. The van der Waals surface area contributed by atoms with Gasteiger partial charge in [0.1, 0.15) is 15.7 Å². The third kappa shape index (κ3) is 3.02. The molecule has 0 bridgehead atoms. The van der Waals surface area contributed by atoms with E-state index in [1.54, 1.807) is 13.2 Å². The summed E-state index contributed by atoms with van der Waals surface area (Å²) in [5.41, 5.74) is 5.74. The molecule has 2 aromatic rings. The van der Waals surface area contributed by atoms with E-state index in [0.717, 1.165) is 11.4 Å². The summed E-state index contributed by atoms with van der Waals surface area (Å²) in [6.45, 7) is 2.00. The molecule has 0 aliphatic carbocycles. The summed E-state index contributed by atoms with van der Waals surface area (Å²) in [6, 6.07) is -0.0907. The van der Waals surface area contributed by atoms with Crippen molar-refractivity contribution in [2.75, 3.05) is 18.1 Å². The number of hydrogen-bond donors (Lipinski definition) is 3. The molecule has 0 aliphatic heterocycles. The maximum Gasteiger partial charge on any atom is 0.265 e. The lowest BCUT2D eigenvalue weighted by Gasteiger charge is -2.13. The van der Waals surface area contributed by atoms with E-state index in [2.05, 4.69) is 20.6 Å². The van der Waals surface area contributed by atoms with Crippen LogP contribution in [0.5, 0.6) is 0 Å². The highest BCUT2D eigenvalue weighted by Gasteiger charge is 2.20. The van der Waals surface area contributed by atoms with Crippen molar-refractivity contribution in [3.8, 4) is 0 Å². The van der Waals surface area contributed by atoms with Gasteiger partial charge in [0.25, 0.3) is 5.91 Å². The molecule has 0 aliphatic rings. The second-order valence-electron chi connectivity index (χ2n) is 3.79. The minimum absolute atomic E-state index is 0.0907. The van der Waals surface area contributed by atoms with Crippen LogP contribution in [0.1, 0.15) is 34.1 Å². The zero-order valence-corrected chi connectivity index (χ0v) is 12.3. The Bertz CT molecular complexity index is 551. The molecule has 0 aromatic carbocycles. The van der Waals surface area contributed by atoms with Gasteiger partial charge in [-0.25, -0.2) is 9.97 Å². The van der Waals surface area contributed by atoms with Gasteiger partial charge in [-0.3, -0.25) is 4.79 Å². The second kappa shape index (κ2) is 5.98. The summed E-state index contributed by atoms with van der Waals surface area (Å²) in [5, 5.41) is 9.23. The number of rotatable bonds is 5. The Morgan fingerprint density at radius 2 is 2.37 bits per heavy atom. The standard InChI is InChI=1S/C11H15N5OS2/c1-3-6(10-14-4-5-18-10)15-9(17)7-8(12)16-11(13-2)19-7/h4-6H,3,12H2,1-2H3,(H,13,16)(H,15,17). The van der Waals surface area contributed by atoms with Crippen molar-refractivity contribution >= 4 is 39.5 Å². The first-order valence-electron chi connectivity index (χ1n) is 5.80. The first kappa shape index (κ1) is 13.8. The summed E-state index contributed by atoms with van der Waals surface area (Å²) in [4.78, 5) is 20.9. The maximum atomic E-state index is 12.2. The van der Waals surface area contributed by atoms with Gasteiger partial charge in [0.05, 0.1) is 6.04 Å². The van der Waals surface area contributed by atoms with Crippen LogP contribution in [0.3, 0.4) is 0 Å². The van der Waals surface area contributed by atoms with E-state index in [4.69, 9.17) is 5.73 Å². The van der Waals surface area contributed by atoms with E-state index in [0.29, 0.717) is 10.0 Å². The number of nitrogen functional groups attached to an aromatic ring is 1. The molecule has 8 heteroatoms. The molecule has 0 radical (unpaired) electrons. The Kier molecular flexibility index (Phi) is 4.33. The summed E-state index contributed by atoms with van der Waals surface area (Å²) < 4.78 is 0. The number of thiazole rings is 2. The zero-order valence-electron chi connectivity index (χ0n) is 10.6. The van der Waals surface area contributed by atoms with E-state index in [-0.39, 0.29) is 17.8 Å². The van der Waals surface area contributed by atoms with Gasteiger partial charge < -0.3 is 16.4 Å². The fourth-order valence-electron chi connectivity index (χ4n) is 1.57. The number of nitrogens with one attached hydrogen (secondary N) is 2. The quantitative estimate of drug-likeness (QED) is 0.786. The molecule has 19 heavy (non-hydrogen) atoms. The van der Waals surface area contributed by atoms with Crippen LogP contribution < -0.4 is 16.4 Å². The van der Waals surface area contributed by atoms with Crippen molar-refractivity contribution in [2.45, 2.75) is 19.4 Å². The lowest BCUT2D eigenvalue weighted by molar-refractivity contribution is 0.0940. The van der Waals surface area contributed by atoms with Crippen molar-refractivity contribution in [1.29, 1.82) is 0 Å². The normalized spacial score (nSPS) is 12.1. The minimum Gasteiger partial charge on any atom is -0.382 e. The van der Waals surface area contributed by atoms with Crippen molar-refractivity contribution in [1.82, 2.24) is 15.3 Å². The first-order chi connectivity index (χ1) is 9.15. The third-order valence-electron chi connectivity index (χ3n) is 2.54. The predicted molar refractivity (Wildman–Crippen MR) is 78.7 cm³/mol. The molecule has 1 atom stereocenters. The molecule has 102 valence electrons. The van der Waals surface area contributed by atoms with E-state index in [1.165, 1.54) is 22.7 Å². The van der Waals surface area contributed by atoms with Crippen LogP contribution in [0, 0.1) is 0 Å². The minimum atomic E-state index is -0.210. The van der Waals surface area contributed by atoms with Gasteiger partial charge in [-0.05, 0) is 6.42 Å². The molecule has 0 saturated carbocycles. The topological polar surface area (TPSA) is 92.9 Å². The molecule has 6 nitrogen and oxygen atoms in total. The molecule has 1 unspecified atom stereocenters. The van der Waals surface area contributed by atoms with Crippen LogP contribution in [0.25, 0.3) is 0 Å². The van der Waals surface area contributed by atoms with Gasteiger partial charge in [-0.2, -0.15) is 0 Å². The Labute approximate surface area is 119 Å². The summed E-state index contributed by atoms with van der Waals surface area (Å²) >= 11 is 2.77. The van der Waals surface area contributed by atoms with E-state index >= 15 is 0 Å². The molecular formula is C11H15N5OS2. The number of hydrogen-bond acceptors (Lipinski definition) is 7. The highest BCUT2D eigenvalue weighted by Crippen LogP contribution is 2.26. The van der Waals surface area contributed by atoms with E-state index in [9.17, 15) is 4.79 Å². The summed E-state index contributed by atoms with van der Waals surface area (Å²) in [5.74, 6) is 0.0411. The van der Waals surface area contributed by atoms with Crippen molar-refractivity contribution in [3.63, 3.8) is 0 Å². The summed E-state index contributed by atoms with van der Waals surface area (Å²) in [6.07, 6.45) is 2.51. The molecule has 1 amide bonds. The molecule has 4 N–H and O–H groups in total. The lowest BCUT2D eigenvalue weighted by atomic mass is 10.2. The summed E-state index contributed by atoms with van der Waals surface area (Å²) in [7, 11) is 1.74.